The fourth-order valence-corrected chi connectivity index (χ4v) is 2.34. The van der Waals surface area contributed by atoms with Gasteiger partial charge < -0.3 is 5.32 Å². The molecule has 0 aliphatic heterocycles. The van der Waals surface area contributed by atoms with Crippen molar-refractivity contribution in [3.05, 3.63) is 28.5 Å². The van der Waals surface area contributed by atoms with Crippen molar-refractivity contribution >= 4 is 21.8 Å². The van der Waals surface area contributed by atoms with Crippen LogP contribution in [0.5, 0.6) is 0 Å². The summed E-state index contributed by atoms with van der Waals surface area (Å²) in [6.45, 7) is 2.23. The van der Waals surface area contributed by atoms with Crippen LogP contribution in [0, 0.1) is 5.92 Å². The van der Waals surface area contributed by atoms with Gasteiger partial charge >= 0.3 is 0 Å². The lowest BCUT2D eigenvalue weighted by Gasteiger charge is -2.11. The number of amides is 1. The van der Waals surface area contributed by atoms with Gasteiger partial charge in [0.15, 0.2) is 0 Å². The molecule has 1 aliphatic carbocycles. The molecule has 0 aromatic carbocycles. The summed E-state index contributed by atoms with van der Waals surface area (Å²) in [4.78, 5) is 15.9. The molecule has 1 fully saturated rings. The number of hydrogen-bond donors (Lipinski definition) is 1. The Morgan fingerprint density at radius 3 is 2.88 bits per heavy atom. The minimum atomic E-state index is -0.0633. The maximum atomic E-state index is 11.8. The van der Waals surface area contributed by atoms with Crippen molar-refractivity contribution in [3.63, 3.8) is 0 Å². The van der Waals surface area contributed by atoms with Crippen LogP contribution in [0.3, 0.4) is 0 Å². The Bertz CT molecular complexity index is 377. The van der Waals surface area contributed by atoms with E-state index in [-0.39, 0.29) is 5.91 Å². The first-order valence-corrected chi connectivity index (χ1v) is 6.37. The van der Waals surface area contributed by atoms with Crippen molar-refractivity contribution in [1.29, 1.82) is 0 Å². The highest BCUT2D eigenvalue weighted by Crippen LogP contribution is 2.24. The molecule has 1 saturated carbocycles. The Kier molecular flexibility index (Phi) is 3.59. The number of nitrogens with one attached hydrogen (secondary N) is 1. The maximum Gasteiger partial charge on any atom is 0.270 e. The summed E-state index contributed by atoms with van der Waals surface area (Å²) in [6.07, 6.45) is 5.02. The number of pyridine rings is 1. The van der Waals surface area contributed by atoms with E-state index in [1.807, 2.05) is 6.07 Å². The molecule has 2 atom stereocenters. The van der Waals surface area contributed by atoms with Crippen molar-refractivity contribution in [2.24, 2.45) is 5.92 Å². The van der Waals surface area contributed by atoms with Gasteiger partial charge in [-0.2, -0.15) is 0 Å². The normalized spacial score (nSPS) is 24.4. The van der Waals surface area contributed by atoms with E-state index in [2.05, 4.69) is 33.2 Å². The molecule has 16 heavy (non-hydrogen) atoms. The molecular formula is C12H15BrN2O. The fourth-order valence-electron chi connectivity index (χ4n) is 2.11. The molecule has 1 aliphatic rings. The van der Waals surface area contributed by atoms with E-state index in [1.165, 1.54) is 6.42 Å². The van der Waals surface area contributed by atoms with Gasteiger partial charge in [0.2, 0.25) is 0 Å². The van der Waals surface area contributed by atoms with Crippen LogP contribution in [0.2, 0.25) is 0 Å². The van der Waals surface area contributed by atoms with E-state index in [9.17, 15) is 4.79 Å². The molecular weight excluding hydrogens is 268 g/mol. The summed E-state index contributed by atoms with van der Waals surface area (Å²) in [5.41, 5.74) is 0.489. The minimum Gasteiger partial charge on any atom is -0.348 e. The Morgan fingerprint density at radius 1 is 1.50 bits per heavy atom. The molecule has 86 valence electrons. The van der Waals surface area contributed by atoms with Gasteiger partial charge in [-0.05, 0) is 53.2 Å². The smallest absolute Gasteiger partial charge is 0.270 e. The Hall–Kier alpha value is -0.900. The van der Waals surface area contributed by atoms with Gasteiger partial charge in [0, 0.05) is 16.7 Å². The average molecular weight is 283 g/mol. The van der Waals surface area contributed by atoms with Gasteiger partial charge in [0.1, 0.15) is 5.69 Å². The lowest BCUT2D eigenvalue weighted by Crippen LogP contribution is -2.33. The second-order valence-electron chi connectivity index (χ2n) is 4.45. The summed E-state index contributed by atoms with van der Waals surface area (Å²) in [5, 5.41) is 3.03. The molecule has 2 unspecified atom stereocenters. The number of aromatic nitrogens is 1. The monoisotopic (exact) mass is 282 g/mol. The molecule has 2 rings (SSSR count). The largest absolute Gasteiger partial charge is 0.348 e. The van der Waals surface area contributed by atoms with Gasteiger partial charge in [-0.25, -0.2) is 4.98 Å². The lowest BCUT2D eigenvalue weighted by atomic mass is 10.1. The number of carbonyl (C=O) groups is 1. The molecule has 1 aromatic heterocycles. The Balaban J connectivity index is 1.95. The second kappa shape index (κ2) is 4.95. The number of rotatable bonds is 2. The van der Waals surface area contributed by atoms with Crippen LogP contribution in [0.4, 0.5) is 0 Å². The van der Waals surface area contributed by atoms with E-state index < -0.39 is 0 Å². The van der Waals surface area contributed by atoms with Crippen molar-refractivity contribution in [2.45, 2.75) is 32.2 Å². The van der Waals surface area contributed by atoms with Crippen LogP contribution < -0.4 is 5.32 Å². The first kappa shape index (κ1) is 11.6. The third-order valence-electron chi connectivity index (χ3n) is 2.99. The van der Waals surface area contributed by atoms with Gasteiger partial charge in [-0.1, -0.05) is 6.92 Å². The van der Waals surface area contributed by atoms with Crippen LogP contribution in [-0.4, -0.2) is 16.9 Å². The van der Waals surface area contributed by atoms with Gasteiger partial charge in [-0.3, -0.25) is 4.79 Å². The highest BCUT2D eigenvalue weighted by Gasteiger charge is 2.23. The predicted molar refractivity (Wildman–Crippen MR) is 66.2 cm³/mol. The zero-order valence-electron chi connectivity index (χ0n) is 9.24. The topological polar surface area (TPSA) is 42.0 Å². The molecule has 1 amide bonds. The predicted octanol–water partition coefficient (Wildman–Crippen LogP) is 2.76. The van der Waals surface area contributed by atoms with E-state index in [4.69, 9.17) is 0 Å². The first-order chi connectivity index (χ1) is 7.65. The Morgan fingerprint density at radius 2 is 2.31 bits per heavy atom. The highest BCUT2D eigenvalue weighted by molar-refractivity contribution is 9.10. The molecule has 0 spiro atoms. The molecule has 0 saturated heterocycles. The van der Waals surface area contributed by atoms with Crippen LogP contribution in [0.15, 0.2) is 22.8 Å². The summed E-state index contributed by atoms with van der Waals surface area (Å²) in [7, 11) is 0. The maximum absolute atomic E-state index is 11.8. The van der Waals surface area contributed by atoms with Crippen LogP contribution in [0.1, 0.15) is 36.7 Å². The average Bonchev–Trinajstić information content (AvgIpc) is 2.65. The molecule has 0 radical (unpaired) electrons. The van der Waals surface area contributed by atoms with Gasteiger partial charge in [0.05, 0.1) is 0 Å². The first-order valence-electron chi connectivity index (χ1n) is 5.57. The molecule has 1 heterocycles. The van der Waals surface area contributed by atoms with Crippen molar-refractivity contribution in [3.8, 4) is 0 Å². The van der Waals surface area contributed by atoms with E-state index in [1.54, 1.807) is 12.3 Å². The quantitative estimate of drug-likeness (QED) is 0.906. The van der Waals surface area contributed by atoms with Gasteiger partial charge in [-0.15, -0.1) is 0 Å². The summed E-state index contributed by atoms with van der Waals surface area (Å²) in [5.74, 6) is 0.662. The SMILES string of the molecule is CC1CCC(NC(=O)c2ccc(Br)cn2)C1. The van der Waals surface area contributed by atoms with Crippen LogP contribution in [0.25, 0.3) is 0 Å². The lowest BCUT2D eigenvalue weighted by molar-refractivity contribution is 0.0932. The summed E-state index contributed by atoms with van der Waals surface area (Å²) in [6, 6.07) is 3.89. The van der Waals surface area contributed by atoms with E-state index in [0.717, 1.165) is 23.2 Å². The van der Waals surface area contributed by atoms with Crippen LogP contribution in [-0.2, 0) is 0 Å². The minimum absolute atomic E-state index is 0.0633. The van der Waals surface area contributed by atoms with Crippen LogP contribution >= 0.6 is 15.9 Å². The van der Waals surface area contributed by atoms with E-state index in [0.29, 0.717) is 11.7 Å². The third-order valence-corrected chi connectivity index (χ3v) is 3.46. The molecule has 1 aromatic rings. The number of carbonyl (C=O) groups excluding carboxylic acids is 1. The molecule has 3 nitrogen and oxygen atoms in total. The summed E-state index contributed by atoms with van der Waals surface area (Å²) >= 11 is 3.30. The second-order valence-corrected chi connectivity index (χ2v) is 5.37. The van der Waals surface area contributed by atoms with Crippen molar-refractivity contribution < 1.29 is 4.79 Å². The van der Waals surface area contributed by atoms with Crippen molar-refractivity contribution in [2.75, 3.05) is 0 Å². The van der Waals surface area contributed by atoms with E-state index >= 15 is 0 Å². The van der Waals surface area contributed by atoms with Crippen molar-refractivity contribution in [1.82, 2.24) is 10.3 Å². The Labute approximate surface area is 104 Å². The molecule has 0 bridgehead atoms. The zero-order valence-corrected chi connectivity index (χ0v) is 10.8. The van der Waals surface area contributed by atoms with Gasteiger partial charge in [0.25, 0.3) is 5.91 Å². The molecule has 4 heteroatoms. The molecule has 1 N–H and O–H groups in total. The third kappa shape index (κ3) is 2.82. The zero-order chi connectivity index (χ0) is 11.5. The number of nitrogens with zero attached hydrogens (tertiary/aromatic N) is 1. The highest BCUT2D eigenvalue weighted by atomic mass is 79.9. The number of halogens is 1. The fraction of sp³-hybridized carbons (Fsp3) is 0.500. The summed E-state index contributed by atoms with van der Waals surface area (Å²) < 4.78 is 0.888. The standard InChI is InChI=1S/C12H15BrN2O/c1-8-2-4-10(6-8)15-12(16)11-5-3-9(13)7-14-11/h3,5,7-8,10H,2,4,6H2,1H3,(H,15,16). The number of hydrogen-bond acceptors (Lipinski definition) is 2.